The molecule has 0 radical (unpaired) electrons. The first kappa shape index (κ1) is 18.1. The first-order valence-electron chi connectivity index (χ1n) is 8.09. The largest absolute Gasteiger partial charge is 0.386 e. The van der Waals surface area contributed by atoms with Crippen molar-refractivity contribution in [2.75, 3.05) is 19.6 Å². The Labute approximate surface area is 155 Å². The Bertz CT molecular complexity index is 726. The number of aromatic nitrogens is 3. The summed E-state index contributed by atoms with van der Waals surface area (Å²) in [6.45, 7) is 1.83. The van der Waals surface area contributed by atoms with Crippen LogP contribution in [0.1, 0.15) is 41.0 Å². The number of piperidine rings is 1. The molecule has 0 bridgehead atoms. The second-order valence-corrected chi connectivity index (χ2v) is 6.74. The molecular formula is C16H19Cl2N5O2. The molecule has 1 unspecified atom stereocenters. The second-order valence-electron chi connectivity index (χ2n) is 5.93. The molecule has 9 heteroatoms. The molecule has 0 aliphatic carbocycles. The van der Waals surface area contributed by atoms with Crippen LogP contribution < -0.4 is 10.6 Å². The number of amides is 1. The molecule has 1 aliphatic rings. The molecule has 0 saturated carbocycles. The summed E-state index contributed by atoms with van der Waals surface area (Å²) >= 11 is 12.1. The number of nitrogens with zero attached hydrogens (tertiary/aromatic N) is 3. The highest BCUT2D eigenvalue weighted by molar-refractivity contribution is 6.36. The molecule has 1 aromatic carbocycles. The zero-order valence-electron chi connectivity index (χ0n) is 13.5. The van der Waals surface area contributed by atoms with Crippen LogP contribution >= 0.6 is 23.2 Å². The van der Waals surface area contributed by atoms with Gasteiger partial charge in [-0.05, 0) is 38.1 Å². The fourth-order valence-electron chi connectivity index (χ4n) is 2.84. The minimum absolute atomic E-state index is 0.0253. The Morgan fingerprint density at radius 3 is 2.72 bits per heavy atom. The number of halogens is 2. The predicted molar refractivity (Wildman–Crippen MR) is 94.9 cm³/mol. The Morgan fingerprint density at radius 1 is 1.36 bits per heavy atom. The number of aliphatic hydroxyl groups excluding tert-OH is 1. The average molecular weight is 384 g/mol. The van der Waals surface area contributed by atoms with Crippen molar-refractivity contribution >= 4 is 29.1 Å². The van der Waals surface area contributed by atoms with E-state index in [9.17, 15) is 9.90 Å². The number of nitrogens with one attached hydrogen (secondary N) is 2. The molecule has 134 valence electrons. The summed E-state index contributed by atoms with van der Waals surface area (Å²) in [7, 11) is 0. The van der Waals surface area contributed by atoms with Crippen LogP contribution in [0.3, 0.4) is 0 Å². The summed E-state index contributed by atoms with van der Waals surface area (Å²) < 4.78 is 1.73. The number of hydrogen-bond donors (Lipinski definition) is 3. The lowest BCUT2D eigenvalue weighted by Gasteiger charge is -2.22. The third-order valence-corrected chi connectivity index (χ3v) is 4.87. The Kier molecular flexibility index (Phi) is 5.90. The van der Waals surface area contributed by atoms with Gasteiger partial charge in [0.25, 0.3) is 5.91 Å². The maximum absolute atomic E-state index is 12.2. The lowest BCUT2D eigenvalue weighted by molar-refractivity contribution is 0.0911. The van der Waals surface area contributed by atoms with E-state index in [-0.39, 0.29) is 18.3 Å². The number of carbonyl (C=O) groups excluding carboxylic acids is 1. The van der Waals surface area contributed by atoms with E-state index in [0.717, 1.165) is 25.9 Å². The van der Waals surface area contributed by atoms with Gasteiger partial charge < -0.3 is 15.7 Å². The minimum Gasteiger partial charge on any atom is -0.386 e. The number of benzene rings is 1. The molecule has 1 amide bonds. The van der Waals surface area contributed by atoms with Crippen LogP contribution in [0.4, 0.5) is 0 Å². The van der Waals surface area contributed by atoms with E-state index in [1.807, 2.05) is 0 Å². The fraction of sp³-hybridized carbons (Fsp3) is 0.438. The molecule has 1 saturated heterocycles. The van der Waals surface area contributed by atoms with Gasteiger partial charge in [0.05, 0.1) is 18.3 Å². The zero-order chi connectivity index (χ0) is 17.8. The topological polar surface area (TPSA) is 92.1 Å². The SMILES string of the molecule is O=C(NCC(O)c1c(Cl)cccc1Cl)c1cn(C2CCNCC2)nn1. The van der Waals surface area contributed by atoms with Gasteiger partial charge >= 0.3 is 0 Å². The van der Waals surface area contributed by atoms with Crippen molar-refractivity contribution in [3.8, 4) is 0 Å². The van der Waals surface area contributed by atoms with E-state index in [0.29, 0.717) is 15.6 Å². The quantitative estimate of drug-likeness (QED) is 0.733. The second kappa shape index (κ2) is 8.14. The molecule has 1 aliphatic heterocycles. The molecule has 25 heavy (non-hydrogen) atoms. The summed E-state index contributed by atoms with van der Waals surface area (Å²) in [6, 6.07) is 5.22. The molecule has 7 nitrogen and oxygen atoms in total. The van der Waals surface area contributed by atoms with E-state index in [1.165, 1.54) is 0 Å². The standard InChI is InChI=1S/C16H19Cl2N5O2/c17-11-2-1-3-12(18)15(11)14(24)8-20-16(25)13-9-23(22-21-13)10-4-6-19-7-5-10/h1-3,9-10,14,19,24H,4-8H2,(H,20,25). The van der Waals surface area contributed by atoms with Crippen molar-refractivity contribution in [1.82, 2.24) is 25.6 Å². The Morgan fingerprint density at radius 2 is 2.04 bits per heavy atom. The van der Waals surface area contributed by atoms with Crippen LogP contribution in [0.25, 0.3) is 0 Å². The normalized spacial score (nSPS) is 16.6. The highest BCUT2D eigenvalue weighted by Gasteiger charge is 2.20. The monoisotopic (exact) mass is 383 g/mol. The van der Waals surface area contributed by atoms with E-state index >= 15 is 0 Å². The van der Waals surface area contributed by atoms with Gasteiger partial charge in [-0.15, -0.1) is 5.10 Å². The molecule has 1 fully saturated rings. The van der Waals surface area contributed by atoms with Gasteiger partial charge in [-0.25, -0.2) is 4.68 Å². The van der Waals surface area contributed by atoms with Crippen molar-refractivity contribution in [2.24, 2.45) is 0 Å². The van der Waals surface area contributed by atoms with Crippen LogP contribution in [-0.2, 0) is 0 Å². The molecule has 2 heterocycles. The van der Waals surface area contributed by atoms with Gasteiger partial charge in [-0.2, -0.15) is 0 Å². The van der Waals surface area contributed by atoms with Crippen molar-refractivity contribution in [3.63, 3.8) is 0 Å². The third-order valence-electron chi connectivity index (χ3n) is 4.21. The van der Waals surface area contributed by atoms with Crippen molar-refractivity contribution in [3.05, 3.63) is 45.7 Å². The first-order valence-corrected chi connectivity index (χ1v) is 8.84. The number of carbonyl (C=O) groups is 1. The smallest absolute Gasteiger partial charge is 0.273 e. The maximum atomic E-state index is 12.2. The van der Waals surface area contributed by atoms with E-state index in [2.05, 4.69) is 20.9 Å². The summed E-state index contributed by atoms with van der Waals surface area (Å²) in [5, 5.41) is 24.8. The first-order chi connectivity index (χ1) is 12.1. The Balaban J connectivity index is 1.60. The number of hydrogen-bond acceptors (Lipinski definition) is 5. The number of rotatable bonds is 5. The molecule has 1 aromatic heterocycles. The van der Waals surface area contributed by atoms with Crippen LogP contribution in [0.2, 0.25) is 10.0 Å². The average Bonchev–Trinajstić information content (AvgIpc) is 3.10. The summed E-state index contributed by atoms with van der Waals surface area (Å²) in [5.41, 5.74) is 0.612. The highest BCUT2D eigenvalue weighted by atomic mass is 35.5. The third kappa shape index (κ3) is 4.30. The maximum Gasteiger partial charge on any atom is 0.273 e. The van der Waals surface area contributed by atoms with Crippen LogP contribution in [0.15, 0.2) is 24.4 Å². The van der Waals surface area contributed by atoms with Gasteiger partial charge in [0.15, 0.2) is 5.69 Å². The van der Waals surface area contributed by atoms with E-state index in [1.54, 1.807) is 29.1 Å². The van der Waals surface area contributed by atoms with Crippen LogP contribution in [-0.4, -0.2) is 45.6 Å². The van der Waals surface area contributed by atoms with Gasteiger partial charge in [0, 0.05) is 22.2 Å². The Hall–Kier alpha value is -1.67. The molecular weight excluding hydrogens is 365 g/mol. The van der Waals surface area contributed by atoms with Crippen molar-refractivity contribution in [1.29, 1.82) is 0 Å². The molecule has 0 spiro atoms. The zero-order valence-corrected chi connectivity index (χ0v) is 15.0. The predicted octanol–water partition coefficient (Wildman–Crippen LogP) is 1.97. The van der Waals surface area contributed by atoms with E-state index in [4.69, 9.17) is 23.2 Å². The molecule has 1 atom stereocenters. The number of aliphatic hydroxyl groups is 1. The van der Waals surface area contributed by atoms with Gasteiger partial charge in [-0.1, -0.05) is 34.5 Å². The van der Waals surface area contributed by atoms with Gasteiger partial charge in [0.1, 0.15) is 0 Å². The van der Waals surface area contributed by atoms with Crippen LogP contribution in [0.5, 0.6) is 0 Å². The lowest BCUT2D eigenvalue weighted by Crippen LogP contribution is -2.30. The van der Waals surface area contributed by atoms with Crippen molar-refractivity contribution < 1.29 is 9.90 Å². The fourth-order valence-corrected chi connectivity index (χ4v) is 3.49. The van der Waals surface area contributed by atoms with Gasteiger partial charge in [-0.3, -0.25) is 4.79 Å². The summed E-state index contributed by atoms with van der Waals surface area (Å²) in [5.74, 6) is -0.401. The molecule has 3 rings (SSSR count). The highest BCUT2D eigenvalue weighted by Crippen LogP contribution is 2.29. The summed E-state index contributed by atoms with van der Waals surface area (Å²) in [4.78, 5) is 12.2. The molecule has 2 aromatic rings. The van der Waals surface area contributed by atoms with Gasteiger partial charge in [0.2, 0.25) is 0 Å². The van der Waals surface area contributed by atoms with Crippen molar-refractivity contribution in [2.45, 2.75) is 25.0 Å². The molecule has 3 N–H and O–H groups in total. The lowest BCUT2D eigenvalue weighted by atomic mass is 10.1. The summed E-state index contributed by atoms with van der Waals surface area (Å²) in [6.07, 6.45) is 2.53. The van der Waals surface area contributed by atoms with Crippen LogP contribution in [0, 0.1) is 0 Å². The van der Waals surface area contributed by atoms with E-state index < -0.39 is 12.0 Å². The minimum atomic E-state index is -1.01.